The van der Waals surface area contributed by atoms with Crippen LogP contribution in [0.2, 0.25) is 0 Å². The van der Waals surface area contributed by atoms with Crippen LogP contribution in [0.25, 0.3) is 0 Å². The second-order valence-electron chi connectivity index (χ2n) is 5.25. The van der Waals surface area contributed by atoms with Gasteiger partial charge < -0.3 is 9.84 Å². The second-order valence-corrected chi connectivity index (χ2v) is 5.25. The van der Waals surface area contributed by atoms with Crippen molar-refractivity contribution in [2.75, 3.05) is 19.7 Å². The van der Waals surface area contributed by atoms with E-state index in [1.807, 2.05) is 0 Å². The van der Waals surface area contributed by atoms with Crippen molar-refractivity contribution >= 4 is 5.97 Å². The number of carbonyl (C=O) groups is 1. The Morgan fingerprint density at radius 1 is 1.47 bits per heavy atom. The Balaban J connectivity index is 1.90. The zero-order chi connectivity index (χ0) is 12.3. The first kappa shape index (κ1) is 12.8. The maximum Gasteiger partial charge on any atom is 0.307 e. The lowest BCUT2D eigenvalue weighted by atomic mass is 9.93. The number of aliphatic carboxylic acids is 1. The first-order valence-corrected chi connectivity index (χ1v) is 6.79. The van der Waals surface area contributed by atoms with E-state index < -0.39 is 5.97 Å². The number of hydrogen-bond donors (Lipinski definition) is 1. The van der Waals surface area contributed by atoms with Crippen LogP contribution in [0.5, 0.6) is 0 Å². The van der Waals surface area contributed by atoms with Gasteiger partial charge in [0.1, 0.15) is 0 Å². The van der Waals surface area contributed by atoms with Gasteiger partial charge >= 0.3 is 5.97 Å². The topological polar surface area (TPSA) is 49.8 Å². The number of nitrogens with zero attached hydrogens (tertiary/aromatic N) is 1. The molecule has 0 saturated carbocycles. The third-order valence-electron chi connectivity index (χ3n) is 4.11. The molecule has 0 amide bonds. The lowest BCUT2D eigenvalue weighted by molar-refractivity contribution is -0.144. The monoisotopic (exact) mass is 241 g/mol. The molecule has 2 saturated heterocycles. The highest BCUT2D eigenvalue weighted by Crippen LogP contribution is 2.26. The zero-order valence-electron chi connectivity index (χ0n) is 10.6. The molecule has 0 bridgehead atoms. The van der Waals surface area contributed by atoms with Gasteiger partial charge in [-0.25, -0.2) is 0 Å². The third kappa shape index (κ3) is 3.19. The predicted octanol–water partition coefficient (Wildman–Crippen LogP) is 1.74. The normalized spacial score (nSPS) is 35.7. The Labute approximate surface area is 103 Å². The van der Waals surface area contributed by atoms with E-state index in [1.165, 1.54) is 0 Å². The van der Waals surface area contributed by atoms with Gasteiger partial charge in [0.25, 0.3) is 0 Å². The Morgan fingerprint density at radius 2 is 2.29 bits per heavy atom. The molecule has 0 aliphatic carbocycles. The number of likely N-dealkylation sites (tertiary alicyclic amines) is 1. The lowest BCUT2D eigenvalue weighted by Gasteiger charge is -2.40. The van der Waals surface area contributed by atoms with Crippen molar-refractivity contribution in [2.45, 2.75) is 51.2 Å². The highest BCUT2D eigenvalue weighted by atomic mass is 16.5. The molecule has 0 aromatic heterocycles. The molecule has 0 radical (unpaired) electrons. The highest BCUT2D eigenvalue weighted by Gasteiger charge is 2.32. The van der Waals surface area contributed by atoms with E-state index >= 15 is 0 Å². The zero-order valence-corrected chi connectivity index (χ0v) is 10.6. The van der Waals surface area contributed by atoms with E-state index in [0.29, 0.717) is 12.1 Å². The van der Waals surface area contributed by atoms with Crippen molar-refractivity contribution < 1.29 is 14.6 Å². The van der Waals surface area contributed by atoms with E-state index in [2.05, 4.69) is 11.8 Å². The van der Waals surface area contributed by atoms with Crippen molar-refractivity contribution in [2.24, 2.45) is 5.92 Å². The molecule has 2 fully saturated rings. The van der Waals surface area contributed by atoms with Crippen molar-refractivity contribution in [1.82, 2.24) is 4.90 Å². The Hall–Kier alpha value is -0.610. The van der Waals surface area contributed by atoms with Crippen molar-refractivity contribution in [3.8, 4) is 0 Å². The fraction of sp³-hybridized carbons (Fsp3) is 0.923. The van der Waals surface area contributed by atoms with Gasteiger partial charge in [-0.1, -0.05) is 6.92 Å². The summed E-state index contributed by atoms with van der Waals surface area (Å²) in [6.07, 6.45) is 5.43. The molecular weight excluding hydrogens is 218 g/mol. The van der Waals surface area contributed by atoms with Gasteiger partial charge in [0.15, 0.2) is 0 Å². The number of carboxylic acids is 1. The van der Waals surface area contributed by atoms with E-state index in [9.17, 15) is 4.79 Å². The largest absolute Gasteiger partial charge is 0.481 e. The molecular formula is C13H23NO3. The second kappa shape index (κ2) is 5.83. The molecule has 2 rings (SSSR count). The van der Waals surface area contributed by atoms with Crippen LogP contribution >= 0.6 is 0 Å². The van der Waals surface area contributed by atoms with Crippen LogP contribution in [0.3, 0.4) is 0 Å². The third-order valence-corrected chi connectivity index (χ3v) is 4.11. The summed E-state index contributed by atoms with van der Waals surface area (Å²) in [7, 11) is 0. The van der Waals surface area contributed by atoms with Gasteiger partial charge in [0.05, 0.1) is 12.0 Å². The minimum atomic E-state index is -0.631. The van der Waals surface area contributed by atoms with Crippen molar-refractivity contribution in [3.05, 3.63) is 0 Å². The average molecular weight is 241 g/mol. The van der Waals surface area contributed by atoms with Crippen LogP contribution < -0.4 is 0 Å². The summed E-state index contributed by atoms with van der Waals surface area (Å²) in [6, 6.07) is 0.538. The molecule has 4 heteroatoms. The van der Waals surface area contributed by atoms with Gasteiger partial charge in [-0.05, 0) is 38.6 Å². The summed E-state index contributed by atoms with van der Waals surface area (Å²) in [6.45, 7) is 4.78. The van der Waals surface area contributed by atoms with Crippen LogP contribution in [-0.4, -0.2) is 47.8 Å². The first-order chi connectivity index (χ1) is 8.20. The van der Waals surface area contributed by atoms with E-state index in [0.717, 1.165) is 51.8 Å². The fourth-order valence-corrected chi connectivity index (χ4v) is 3.02. The molecule has 2 heterocycles. The molecule has 2 aliphatic rings. The Bertz CT molecular complexity index is 269. The summed E-state index contributed by atoms with van der Waals surface area (Å²) >= 11 is 0. The lowest BCUT2D eigenvalue weighted by Crippen LogP contribution is -2.48. The molecule has 4 nitrogen and oxygen atoms in total. The molecule has 98 valence electrons. The minimum absolute atomic E-state index is 0.160. The summed E-state index contributed by atoms with van der Waals surface area (Å²) in [5.41, 5.74) is 0. The van der Waals surface area contributed by atoms with Gasteiger partial charge in [-0.3, -0.25) is 9.69 Å². The van der Waals surface area contributed by atoms with E-state index in [4.69, 9.17) is 9.84 Å². The molecule has 3 unspecified atom stereocenters. The number of piperidine rings is 1. The number of carboxylic acid groups (broad SMARTS) is 1. The first-order valence-electron chi connectivity index (χ1n) is 6.79. The molecule has 3 atom stereocenters. The minimum Gasteiger partial charge on any atom is -0.481 e. The summed E-state index contributed by atoms with van der Waals surface area (Å²) in [5.74, 6) is -0.791. The predicted molar refractivity (Wildman–Crippen MR) is 65.0 cm³/mol. The molecule has 1 N–H and O–H groups in total. The smallest absolute Gasteiger partial charge is 0.307 e. The van der Waals surface area contributed by atoms with Crippen LogP contribution in [-0.2, 0) is 9.53 Å². The number of hydrogen-bond acceptors (Lipinski definition) is 3. The molecule has 2 aliphatic heterocycles. The summed E-state index contributed by atoms with van der Waals surface area (Å²) < 4.78 is 5.68. The van der Waals surface area contributed by atoms with Crippen molar-refractivity contribution in [3.63, 3.8) is 0 Å². The standard InChI is InChI=1S/C13H23NO3/c1-2-12-8-11(5-7-17-12)14-6-3-4-10(9-14)13(15)16/h10-12H,2-9H2,1H3,(H,15,16). The maximum absolute atomic E-state index is 11.1. The average Bonchev–Trinajstić information content (AvgIpc) is 2.39. The molecule has 0 spiro atoms. The molecule has 17 heavy (non-hydrogen) atoms. The Kier molecular flexibility index (Phi) is 4.40. The number of rotatable bonds is 3. The SMILES string of the molecule is CCC1CC(N2CCCC(C(=O)O)C2)CCO1. The van der Waals surface area contributed by atoms with Gasteiger partial charge in [0.2, 0.25) is 0 Å². The van der Waals surface area contributed by atoms with Gasteiger partial charge in [-0.2, -0.15) is 0 Å². The van der Waals surface area contributed by atoms with Crippen LogP contribution in [0, 0.1) is 5.92 Å². The quantitative estimate of drug-likeness (QED) is 0.817. The van der Waals surface area contributed by atoms with Gasteiger partial charge in [0, 0.05) is 19.2 Å². The van der Waals surface area contributed by atoms with Gasteiger partial charge in [-0.15, -0.1) is 0 Å². The molecule has 0 aromatic rings. The van der Waals surface area contributed by atoms with Crippen LogP contribution in [0.1, 0.15) is 39.0 Å². The molecule has 0 aromatic carbocycles. The van der Waals surface area contributed by atoms with E-state index in [-0.39, 0.29) is 5.92 Å². The highest BCUT2D eigenvalue weighted by molar-refractivity contribution is 5.70. The summed E-state index contributed by atoms with van der Waals surface area (Å²) in [5, 5.41) is 9.10. The number of ether oxygens (including phenoxy) is 1. The van der Waals surface area contributed by atoms with E-state index in [1.54, 1.807) is 0 Å². The maximum atomic E-state index is 11.1. The van der Waals surface area contributed by atoms with Crippen LogP contribution in [0.15, 0.2) is 0 Å². The Morgan fingerprint density at radius 3 is 3.00 bits per heavy atom. The summed E-state index contributed by atoms with van der Waals surface area (Å²) in [4.78, 5) is 13.4. The van der Waals surface area contributed by atoms with Crippen LogP contribution in [0.4, 0.5) is 0 Å². The van der Waals surface area contributed by atoms with Crippen molar-refractivity contribution in [1.29, 1.82) is 0 Å². The fourth-order valence-electron chi connectivity index (χ4n) is 3.02.